The first kappa shape index (κ1) is 25.9. The molecule has 1 aromatic heterocycles. The van der Waals surface area contributed by atoms with Crippen molar-refractivity contribution >= 4 is 16.9 Å². The molecule has 5 rings (SSSR count). The van der Waals surface area contributed by atoms with Crippen LogP contribution in [0.25, 0.3) is 22.2 Å². The number of phenolic OH excluding ortho intramolecular Hbond substituents is 1. The number of carbonyl (C=O) groups is 1. The molecule has 1 N–H and O–H groups in total. The number of aromatic nitrogens is 1. The summed E-state index contributed by atoms with van der Waals surface area (Å²) >= 11 is 0. The number of phenols is 1. The maximum atomic E-state index is 11.5. The average Bonchev–Trinajstić information content (AvgIpc) is 3.05. The summed E-state index contributed by atoms with van der Waals surface area (Å²) in [7, 11) is 0. The largest absolute Gasteiger partial charge is 0.508 e. The maximum Gasteiger partial charge on any atom is 0.308 e. The van der Waals surface area contributed by atoms with Crippen LogP contribution in [0.15, 0.2) is 66.7 Å². The number of nitrogens with zero attached hydrogens (tertiary/aromatic N) is 2. The van der Waals surface area contributed by atoms with E-state index in [0.717, 1.165) is 45.6 Å². The van der Waals surface area contributed by atoms with Gasteiger partial charge in [0, 0.05) is 30.9 Å². The van der Waals surface area contributed by atoms with Crippen LogP contribution in [0.4, 0.5) is 0 Å². The molecule has 38 heavy (non-hydrogen) atoms. The number of fused-ring (bicyclic) bond motifs is 1. The molecule has 0 spiro atoms. The Morgan fingerprint density at radius 3 is 2.26 bits per heavy atom. The number of hydrogen-bond acceptors (Lipinski definition) is 5. The molecule has 0 atom stereocenters. The van der Waals surface area contributed by atoms with Crippen molar-refractivity contribution in [1.29, 1.82) is 0 Å². The number of ether oxygens (including phenoxy) is 2. The highest BCUT2D eigenvalue weighted by Gasteiger charge is 2.18. The van der Waals surface area contributed by atoms with Crippen LogP contribution in [0.1, 0.15) is 43.7 Å². The third kappa shape index (κ3) is 6.03. The summed E-state index contributed by atoms with van der Waals surface area (Å²) in [4.78, 5) is 14.0. The Balaban J connectivity index is 1.38. The summed E-state index contributed by atoms with van der Waals surface area (Å²) < 4.78 is 13.7. The number of aromatic hydroxyl groups is 1. The monoisotopic (exact) mass is 512 g/mol. The van der Waals surface area contributed by atoms with E-state index in [9.17, 15) is 9.90 Å². The van der Waals surface area contributed by atoms with E-state index in [2.05, 4.69) is 40.7 Å². The van der Waals surface area contributed by atoms with E-state index >= 15 is 0 Å². The number of aryl methyl sites for hydroxylation is 1. The fraction of sp³-hybridized carbons (Fsp3) is 0.344. The van der Waals surface area contributed by atoms with Gasteiger partial charge in [0.2, 0.25) is 0 Å². The van der Waals surface area contributed by atoms with Gasteiger partial charge in [-0.15, -0.1) is 0 Å². The Bertz CT molecular complexity index is 1380. The first-order valence-electron chi connectivity index (χ1n) is 13.5. The lowest BCUT2D eigenvalue weighted by Crippen LogP contribution is -2.29. The van der Waals surface area contributed by atoms with Crippen LogP contribution in [0.5, 0.6) is 17.2 Å². The van der Waals surface area contributed by atoms with Crippen LogP contribution >= 0.6 is 0 Å². The molecule has 4 aromatic rings. The molecule has 6 heteroatoms. The smallest absolute Gasteiger partial charge is 0.308 e. The van der Waals surface area contributed by atoms with Gasteiger partial charge in [-0.25, -0.2) is 0 Å². The van der Waals surface area contributed by atoms with Crippen LogP contribution in [-0.2, 0) is 11.3 Å². The first-order chi connectivity index (χ1) is 18.5. The molecule has 6 nitrogen and oxygen atoms in total. The van der Waals surface area contributed by atoms with Crippen molar-refractivity contribution in [2.75, 3.05) is 26.2 Å². The van der Waals surface area contributed by atoms with Crippen LogP contribution in [-0.4, -0.2) is 46.8 Å². The van der Waals surface area contributed by atoms with Gasteiger partial charge in [-0.05, 0) is 104 Å². The van der Waals surface area contributed by atoms with Gasteiger partial charge in [0.05, 0.1) is 5.69 Å². The van der Waals surface area contributed by atoms with E-state index in [1.54, 1.807) is 12.1 Å². The summed E-state index contributed by atoms with van der Waals surface area (Å²) in [5, 5.41) is 10.9. The quantitative estimate of drug-likeness (QED) is 0.214. The van der Waals surface area contributed by atoms with Crippen molar-refractivity contribution in [3.05, 3.63) is 77.9 Å². The topological polar surface area (TPSA) is 63.9 Å². The van der Waals surface area contributed by atoms with Gasteiger partial charge < -0.3 is 19.1 Å². The van der Waals surface area contributed by atoms with Gasteiger partial charge in [-0.3, -0.25) is 9.69 Å². The zero-order chi connectivity index (χ0) is 26.5. The number of hydrogen-bond donors (Lipinski definition) is 1. The summed E-state index contributed by atoms with van der Waals surface area (Å²) in [5.41, 5.74) is 5.38. The van der Waals surface area contributed by atoms with E-state index in [0.29, 0.717) is 18.9 Å². The van der Waals surface area contributed by atoms with Crippen LogP contribution in [0.2, 0.25) is 0 Å². The molecule has 0 amide bonds. The van der Waals surface area contributed by atoms with E-state index in [1.807, 2.05) is 30.3 Å². The molecule has 0 saturated carbocycles. The minimum atomic E-state index is -0.339. The van der Waals surface area contributed by atoms with E-state index in [4.69, 9.17) is 9.47 Å². The summed E-state index contributed by atoms with van der Waals surface area (Å²) in [6, 6.07) is 21.4. The Morgan fingerprint density at radius 2 is 1.58 bits per heavy atom. The maximum absolute atomic E-state index is 11.5. The molecule has 0 radical (unpaired) electrons. The zero-order valence-electron chi connectivity index (χ0n) is 22.3. The van der Waals surface area contributed by atoms with Gasteiger partial charge in [0.15, 0.2) is 0 Å². The minimum absolute atomic E-state index is 0.234. The number of benzene rings is 3. The predicted molar refractivity (Wildman–Crippen MR) is 151 cm³/mol. The molecule has 2 heterocycles. The predicted octanol–water partition coefficient (Wildman–Crippen LogP) is 6.55. The molecule has 1 aliphatic rings. The van der Waals surface area contributed by atoms with E-state index in [-0.39, 0.29) is 11.7 Å². The Labute approximate surface area is 224 Å². The molecule has 3 aromatic carbocycles. The summed E-state index contributed by atoms with van der Waals surface area (Å²) in [5.74, 6) is 1.32. The Hall–Kier alpha value is -3.77. The van der Waals surface area contributed by atoms with Gasteiger partial charge >= 0.3 is 5.97 Å². The fourth-order valence-corrected chi connectivity index (χ4v) is 5.41. The molecule has 1 aliphatic heterocycles. The van der Waals surface area contributed by atoms with Crippen molar-refractivity contribution in [2.45, 2.75) is 46.1 Å². The second-order valence-corrected chi connectivity index (χ2v) is 10.1. The molecular weight excluding hydrogens is 476 g/mol. The first-order valence-corrected chi connectivity index (χ1v) is 13.5. The van der Waals surface area contributed by atoms with Crippen molar-refractivity contribution in [1.82, 2.24) is 9.47 Å². The lowest BCUT2D eigenvalue weighted by atomic mass is 10.1. The highest BCUT2D eigenvalue weighted by Crippen LogP contribution is 2.36. The zero-order valence-corrected chi connectivity index (χ0v) is 22.3. The molecule has 1 saturated heterocycles. The van der Waals surface area contributed by atoms with Crippen molar-refractivity contribution in [3.8, 4) is 28.5 Å². The number of esters is 1. The SMILES string of the molecule is CC(=O)Oc1ccc2c(c1)c(C)c(-c1ccc(O)cc1)n2Cc1ccc(OCCN2CCCCCC2)cc1. The van der Waals surface area contributed by atoms with Crippen LogP contribution in [0.3, 0.4) is 0 Å². The Kier molecular flexibility index (Phi) is 7.99. The van der Waals surface area contributed by atoms with Gasteiger partial charge in [-0.2, -0.15) is 0 Å². The third-order valence-electron chi connectivity index (χ3n) is 7.33. The van der Waals surface area contributed by atoms with Crippen molar-refractivity contribution < 1.29 is 19.4 Å². The highest BCUT2D eigenvalue weighted by atomic mass is 16.5. The number of rotatable bonds is 8. The summed E-state index contributed by atoms with van der Waals surface area (Å²) in [6.45, 7) is 8.20. The molecular formula is C32H36N2O4. The van der Waals surface area contributed by atoms with E-state index in [1.165, 1.54) is 45.7 Å². The van der Waals surface area contributed by atoms with Gasteiger partial charge in [0.1, 0.15) is 23.9 Å². The number of carbonyl (C=O) groups excluding carboxylic acids is 1. The molecule has 1 fully saturated rings. The second kappa shape index (κ2) is 11.7. The lowest BCUT2D eigenvalue weighted by Gasteiger charge is -2.19. The van der Waals surface area contributed by atoms with Gasteiger partial charge in [-0.1, -0.05) is 25.0 Å². The third-order valence-corrected chi connectivity index (χ3v) is 7.33. The molecule has 0 aliphatic carbocycles. The molecule has 0 unspecified atom stereocenters. The van der Waals surface area contributed by atoms with E-state index < -0.39 is 0 Å². The average molecular weight is 513 g/mol. The summed E-state index contributed by atoms with van der Waals surface area (Å²) in [6.07, 6.45) is 5.27. The van der Waals surface area contributed by atoms with Crippen LogP contribution in [0, 0.1) is 6.92 Å². The van der Waals surface area contributed by atoms with Crippen molar-refractivity contribution in [3.63, 3.8) is 0 Å². The minimum Gasteiger partial charge on any atom is -0.508 e. The lowest BCUT2D eigenvalue weighted by molar-refractivity contribution is -0.131. The highest BCUT2D eigenvalue weighted by molar-refractivity contribution is 5.93. The second-order valence-electron chi connectivity index (χ2n) is 10.1. The van der Waals surface area contributed by atoms with Crippen LogP contribution < -0.4 is 9.47 Å². The molecule has 0 bridgehead atoms. The Morgan fingerprint density at radius 1 is 0.895 bits per heavy atom. The number of likely N-dealkylation sites (tertiary alicyclic amines) is 1. The fourth-order valence-electron chi connectivity index (χ4n) is 5.41. The normalized spacial score (nSPS) is 14.4. The standard InChI is InChI=1S/C32H36N2O4/c1-23-30-21-29(38-24(2)35)15-16-31(30)34(32(23)26-9-11-27(36)12-10-26)22-25-7-13-28(14-8-25)37-20-19-33-17-5-3-4-6-18-33/h7-16,21,36H,3-6,17-20,22H2,1-2H3. The molecule has 198 valence electrons. The van der Waals surface area contributed by atoms with Gasteiger partial charge in [0.25, 0.3) is 0 Å². The van der Waals surface area contributed by atoms with Crippen molar-refractivity contribution in [2.24, 2.45) is 0 Å².